The molecule has 1 aliphatic heterocycles. The molecular formula is C15H21NO3. The van der Waals surface area contributed by atoms with Crippen molar-refractivity contribution in [3.8, 4) is 0 Å². The average molecular weight is 263 g/mol. The molecule has 104 valence electrons. The first-order valence-electron chi connectivity index (χ1n) is 6.83. The Balaban J connectivity index is 1.90. The summed E-state index contributed by atoms with van der Waals surface area (Å²) in [4.78, 5) is 11.9. The van der Waals surface area contributed by atoms with Crippen LogP contribution in [0.25, 0.3) is 0 Å². The van der Waals surface area contributed by atoms with Crippen LogP contribution in [0.15, 0.2) is 30.3 Å². The molecule has 0 aliphatic carbocycles. The molecule has 1 aromatic carbocycles. The lowest BCUT2D eigenvalue weighted by atomic mass is 9.94. The van der Waals surface area contributed by atoms with E-state index in [1.165, 1.54) is 5.56 Å². The van der Waals surface area contributed by atoms with Crippen LogP contribution in [-0.2, 0) is 20.8 Å². The van der Waals surface area contributed by atoms with Gasteiger partial charge in [-0.2, -0.15) is 0 Å². The minimum absolute atomic E-state index is 0.0352. The lowest BCUT2D eigenvalue weighted by Crippen LogP contribution is -2.47. The fraction of sp³-hybridized carbons (Fsp3) is 0.533. The molecule has 1 aromatic rings. The number of ether oxygens (including phenoxy) is 2. The van der Waals surface area contributed by atoms with Gasteiger partial charge in [0.15, 0.2) is 0 Å². The summed E-state index contributed by atoms with van der Waals surface area (Å²) < 4.78 is 10.6. The fourth-order valence-electron chi connectivity index (χ4n) is 2.32. The lowest BCUT2D eigenvalue weighted by Gasteiger charge is -2.30. The molecule has 0 aromatic heterocycles. The summed E-state index contributed by atoms with van der Waals surface area (Å²) in [6.45, 7) is 4.21. The van der Waals surface area contributed by atoms with Gasteiger partial charge in [0.1, 0.15) is 0 Å². The van der Waals surface area contributed by atoms with E-state index in [9.17, 15) is 4.79 Å². The molecule has 1 aliphatic rings. The van der Waals surface area contributed by atoms with Gasteiger partial charge in [0.2, 0.25) is 0 Å². The Morgan fingerprint density at radius 2 is 2.21 bits per heavy atom. The third-order valence-corrected chi connectivity index (χ3v) is 3.36. The highest BCUT2D eigenvalue weighted by molar-refractivity contribution is 5.73. The van der Waals surface area contributed by atoms with E-state index in [-0.39, 0.29) is 17.9 Å². The molecule has 0 bridgehead atoms. The van der Waals surface area contributed by atoms with E-state index in [0.29, 0.717) is 19.8 Å². The number of esters is 1. The number of rotatable bonds is 5. The maximum absolute atomic E-state index is 11.9. The molecule has 0 radical (unpaired) electrons. The van der Waals surface area contributed by atoms with Gasteiger partial charge >= 0.3 is 5.97 Å². The molecule has 4 nitrogen and oxygen atoms in total. The predicted octanol–water partition coefficient (Wildman–Crippen LogP) is 1.74. The number of nitrogens with one attached hydrogen (secondary N) is 1. The van der Waals surface area contributed by atoms with Gasteiger partial charge in [-0.3, -0.25) is 4.79 Å². The molecule has 2 unspecified atom stereocenters. The Morgan fingerprint density at radius 3 is 2.95 bits per heavy atom. The highest BCUT2D eigenvalue weighted by atomic mass is 16.5. The van der Waals surface area contributed by atoms with Crippen molar-refractivity contribution < 1.29 is 14.3 Å². The summed E-state index contributed by atoms with van der Waals surface area (Å²) in [5.41, 5.74) is 1.20. The summed E-state index contributed by atoms with van der Waals surface area (Å²) >= 11 is 0. The van der Waals surface area contributed by atoms with Crippen molar-refractivity contribution in [2.24, 2.45) is 5.92 Å². The second-order valence-corrected chi connectivity index (χ2v) is 4.70. The first-order valence-corrected chi connectivity index (χ1v) is 6.83. The number of hydrogen-bond donors (Lipinski definition) is 1. The van der Waals surface area contributed by atoms with Crippen LogP contribution in [0, 0.1) is 5.92 Å². The molecule has 0 spiro atoms. The SMILES string of the molecule is CCOC(=O)C1CCOCC1NCc1ccccc1. The standard InChI is InChI=1S/C15H21NO3/c1-2-19-15(17)13-8-9-18-11-14(13)16-10-12-6-4-3-5-7-12/h3-7,13-14,16H,2,8-11H2,1H3. The fourth-order valence-corrected chi connectivity index (χ4v) is 2.32. The van der Waals surface area contributed by atoms with Gasteiger partial charge < -0.3 is 14.8 Å². The maximum atomic E-state index is 11.9. The molecule has 2 atom stereocenters. The van der Waals surface area contributed by atoms with E-state index in [4.69, 9.17) is 9.47 Å². The summed E-state index contributed by atoms with van der Waals surface area (Å²) in [6, 6.07) is 10.2. The largest absolute Gasteiger partial charge is 0.466 e. The van der Waals surface area contributed by atoms with Gasteiger partial charge in [0.25, 0.3) is 0 Å². The predicted molar refractivity (Wildman–Crippen MR) is 72.6 cm³/mol. The maximum Gasteiger partial charge on any atom is 0.310 e. The topological polar surface area (TPSA) is 47.6 Å². The first-order chi connectivity index (χ1) is 9.31. The molecule has 1 fully saturated rings. The summed E-state index contributed by atoms with van der Waals surface area (Å²) in [5, 5.41) is 3.40. The molecule has 1 saturated heterocycles. The van der Waals surface area contributed by atoms with Crippen molar-refractivity contribution in [1.82, 2.24) is 5.32 Å². The van der Waals surface area contributed by atoms with Crippen molar-refractivity contribution in [3.63, 3.8) is 0 Å². The average Bonchev–Trinajstić information content (AvgIpc) is 2.47. The van der Waals surface area contributed by atoms with E-state index >= 15 is 0 Å². The minimum Gasteiger partial charge on any atom is -0.466 e. The van der Waals surface area contributed by atoms with Crippen molar-refractivity contribution >= 4 is 5.97 Å². The highest BCUT2D eigenvalue weighted by Crippen LogP contribution is 2.18. The molecule has 0 amide bonds. The number of benzene rings is 1. The van der Waals surface area contributed by atoms with Gasteiger partial charge in [0.05, 0.1) is 19.1 Å². The second-order valence-electron chi connectivity index (χ2n) is 4.70. The van der Waals surface area contributed by atoms with Crippen LogP contribution in [0.1, 0.15) is 18.9 Å². The third-order valence-electron chi connectivity index (χ3n) is 3.36. The Hall–Kier alpha value is -1.39. The molecule has 4 heteroatoms. The summed E-state index contributed by atoms with van der Waals surface area (Å²) in [5.74, 6) is -0.214. The zero-order valence-electron chi connectivity index (χ0n) is 11.3. The Labute approximate surface area is 114 Å². The zero-order chi connectivity index (χ0) is 13.5. The van der Waals surface area contributed by atoms with Crippen LogP contribution in [0.5, 0.6) is 0 Å². The van der Waals surface area contributed by atoms with E-state index in [2.05, 4.69) is 17.4 Å². The van der Waals surface area contributed by atoms with Crippen molar-refractivity contribution in [3.05, 3.63) is 35.9 Å². The molecule has 19 heavy (non-hydrogen) atoms. The van der Waals surface area contributed by atoms with Crippen LogP contribution < -0.4 is 5.32 Å². The quantitative estimate of drug-likeness (QED) is 0.822. The van der Waals surface area contributed by atoms with Gasteiger partial charge in [0, 0.05) is 19.2 Å². The molecule has 2 rings (SSSR count). The number of hydrogen-bond acceptors (Lipinski definition) is 4. The summed E-state index contributed by atoms with van der Waals surface area (Å²) in [7, 11) is 0. The van der Waals surface area contributed by atoms with Crippen molar-refractivity contribution in [2.75, 3.05) is 19.8 Å². The van der Waals surface area contributed by atoms with Gasteiger partial charge in [-0.15, -0.1) is 0 Å². The minimum atomic E-state index is -0.114. The van der Waals surface area contributed by atoms with E-state index in [1.807, 2.05) is 25.1 Å². The third kappa shape index (κ3) is 4.04. The van der Waals surface area contributed by atoms with Crippen LogP contribution in [0.3, 0.4) is 0 Å². The van der Waals surface area contributed by atoms with Crippen molar-refractivity contribution in [2.45, 2.75) is 25.9 Å². The van der Waals surface area contributed by atoms with Gasteiger partial charge in [-0.05, 0) is 18.9 Å². The molecular weight excluding hydrogens is 242 g/mol. The highest BCUT2D eigenvalue weighted by Gasteiger charge is 2.32. The van der Waals surface area contributed by atoms with Crippen LogP contribution in [0.2, 0.25) is 0 Å². The van der Waals surface area contributed by atoms with Crippen LogP contribution in [-0.4, -0.2) is 31.8 Å². The zero-order valence-corrected chi connectivity index (χ0v) is 11.3. The van der Waals surface area contributed by atoms with E-state index in [0.717, 1.165) is 13.0 Å². The van der Waals surface area contributed by atoms with Crippen molar-refractivity contribution in [1.29, 1.82) is 0 Å². The molecule has 1 heterocycles. The summed E-state index contributed by atoms with van der Waals surface area (Å²) in [6.07, 6.45) is 0.727. The number of carbonyl (C=O) groups is 1. The Morgan fingerprint density at radius 1 is 1.42 bits per heavy atom. The Bertz CT molecular complexity index is 394. The van der Waals surface area contributed by atoms with Gasteiger partial charge in [-0.25, -0.2) is 0 Å². The van der Waals surface area contributed by atoms with Crippen LogP contribution >= 0.6 is 0 Å². The normalized spacial score (nSPS) is 23.0. The van der Waals surface area contributed by atoms with Gasteiger partial charge in [-0.1, -0.05) is 30.3 Å². The molecule has 0 saturated carbocycles. The first kappa shape index (κ1) is 14.0. The lowest BCUT2D eigenvalue weighted by molar-refractivity contribution is -0.152. The second kappa shape index (κ2) is 7.26. The monoisotopic (exact) mass is 263 g/mol. The number of carbonyl (C=O) groups excluding carboxylic acids is 1. The smallest absolute Gasteiger partial charge is 0.310 e. The van der Waals surface area contributed by atoms with Crippen LogP contribution in [0.4, 0.5) is 0 Å². The Kier molecular flexibility index (Phi) is 5.36. The van der Waals surface area contributed by atoms with E-state index in [1.54, 1.807) is 0 Å². The molecule has 1 N–H and O–H groups in total. The van der Waals surface area contributed by atoms with E-state index < -0.39 is 0 Å².